The van der Waals surface area contributed by atoms with E-state index >= 15 is 0 Å². The topological polar surface area (TPSA) is 56.7 Å². The number of aryl methyl sites for hydroxylation is 2. The number of furan rings is 1. The first-order valence-corrected chi connectivity index (χ1v) is 21.3. The van der Waals surface area contributed by atoms with E-state index in [1.807, 2.05) is 69.4 Å². The Morgan fingerprint density at radius 3 is 2.41 bits per heavy atom. The number of rotatable bonds is 5. The number of pyridine rings is 2. The maximum absolute atomic E-state index is 8.48. The molecule has 5 aromatic carbocycles. The van der Waals surface area contributed by atoms with Gasteiger partial charge >= 0.3 is 0 Å². The normalized spacial score (nSPS) is 13.1. The van der Waals surface area contributed by atoms with Crippen LogP contribution in [0.15, 0.2) is 126 Å². The van der Waals surface area contributed by atoms with Crippen LogP contribution in [0.4, 0.5) is 0 Å². The smallest absolute Gasteiger partial charge is 0.216 e. The molecule has 9 rings (SSSR count). The van der Waals surface area contributed by atoms with E-state index in [2.05, 4.69) is 101 Å². The second-order valence-electron chi connectivity index (χ2n) is 14.6. The van der Waals surface area contributed by atoms with Gasteiger partial charge in [-0.2, -0.15) is 0 Å². The van der Waals surface area contributed by atoms with Gasteiger partial charge in [0.25, 0.3) is 0 Å². The molecule has 0 aliphatic rings. The first-order valence-electron chi connectivity index (χ1n) is 19.8. The number of hydrogen-bond acceptors (Lipinski definition) is 4. The molecule has 1 radical (unpaired) electrons. The van der Waals surface area contributed by atoms with Gasteiger partial charge in [0, 0.05) is 53.9 Å². The van der Waals surface area contributed by atoms with E-state index in [-0.39, 0.29) is 25.7 Å². The second-order valence-corrected chi connectivity index (χ2v) is 19.7. The molecule has 0 saturated heterocycles. The molecule has 0 spiro atoms. The van der Waals surface area contributed by atoms with Gasteiger partial charge in [0.2, 0.25) is 5.71 Å². The van der Waals surface area contributed by atoms with Gasteiger partial charge in [0.05, 0.1) is 30.5 Å². The van der Waals surface area contributed by atoms with Crippen LogP contribution in [0, 0.1) is 25.9 Å². The first kappa shape index (κ1) is 32.2. The van der Waals surface area contributed by atoms with Crippen LogP contribution in [-0.2, 0) is 20.1 Å². The minimum atomic E-state index is -2.13. The summed E-state index contributed by atoms with van der Waals surface area (Å²) in [5, 5.41) is 5.55. The second kappa shape index (κ2) is 14.9. The van der Waals surface area contributed by atoms with Crippen LogP contribution >= 0.6 is 0 Å². The summed E-state index contributed by atoms with van der Waals surface area (Å²) in [6, 6.07) is 44.3. The molecule has 0 aliphatic carbocycles. The summed E-state index contributed by atoms with van der Waals surface area (Å²) in [6.45, 7) is 10.4. The summed E-state index contributed by atoms with van der Waals surface area (Å²) in [5.74, 6) is 0.0836. The van der Waals surface area contributed by atoms with E-state index in [4.69, 9.17) is 14.9 Å². The average Bonchev–Trinajstić information content (AvgIpc) is 3.75. The standard InChI is InChI=1S/C29H18N3O.C18H24NSi.Ir/c1-18-16-17-22-21-11-7-12-23(27(21)33-29(22)30-18)28-31-24-13-4-5-14-26(24)32(28)25-15-6-9-19-8-2-3-10-20(19)25;1-13(2)16-11-17(15-9-7-14(3)8-10-15)19-12-18(16)20(4,5)6;/h2-11,13-17H,1H3;7-9,11-13H,1-6H3;/q2*-1;/i;3D3,13D;. The van der Waals surface area contributed by atoms with E-state index in [0.29, 0.717) is 5.71 Å². The summed E-state index contributed by atoms with van der Waals surface area (Å²) in [4.78, 5) is 14.2. The van der Waals surface area contributed by atoms with Crippen molar-refractivity contribution in [3.8, 4) is 28.3 Å². The van der Waals surface area contributed by atoms with Crippen LogP contribution in [0.25, 0.3) is 72.2 Å². The number of imidazole rings is 1. The number of nitrogens with zero attached hydrogens (tertiary/aromatic N) is 4. The van der Waals surface area contributed by atoms with Crippen molar-refractivity contribution < 1.29 is 30.0 Å². The van der Waals surface area contributed by atoms with Crippen molar-refractivity contribution >= 4 is 57.1 Å². The van der Waals surface area contributed by atoms with Crippen molar-refractivity contribution in [1.29, 1.82) is 0 Å². The minimum Gasteiger partial charge on any atom is -0.486 e. The average molecular weight is 903 g/mol. The Hall–Kier alpha value is -5.20. The van der Waals surface area contributed by atoms with E-state index in [9.17, 15) is 0 Å². The molecule has 4 aromatic heterocycles. The zero-order valence-electron chi connectivity index (χ0n) is 35.1. The maximum atomic E-state index is 8.48. The monoisotopic (exact) mass is 903 g/mol. The van der Waals surface area contributed by atoms with Gasteiger partial charge in [-0.05, 0) is 59.4 Å². The van der Waals surface area contributed by atoms with Crippen molar-refractivity contribution in [2.24, 2.45) is 0 Å². The molecule has 5 nitrogen and oxygen atoms in total. The Labute approximate surface area is 337 Å². The molecular weight excluding hydrogens is 857 g/mol. The zero-order chi connectivity index (χ0) is 40.3. The van der Waals surface area contributed by atoms with Gasteiger partial charge in [0.15, 0.2) is 0 Å². The van der Waals surface area contributed by atoms with Crippen LogP contribution in [0.5, 0.6) is 0 Å². The predicted octanol–water partition coefficient (Wildman–Crippen LogP) is 11.8. The van der Waals surface area contributed by atoms with E-state index in [1.165, 1.54) is 22.0 Å². The Morgan fingerprint density at radius 2 is 1.63 bits per heavy atom. The fourth-order valence-electron chi connectivity index (χ4n) is 6.92. The summed E-state index contributed by atoms with van der Waals surface area (Å²) in [7, 11) is -1.61. The third-order valence-corrected chi connectivity index (χ3v) is 11.6. The van der Waals surface area contributed by atoms with Crippen LogP contribution in [-0.4, -0.2) is 27.6 Å². The van der Waals surface area contributed by atoms with Gasteiger partial charge in [-0.1, -0.05) is 111 Å². The summed E-state index contributed by atoms with van der Waals surface area (Å²) in [5.41, 5.74) is 8.91. The number of hydrogen-bond donors (Lipinski definition) is 0. The third-order valence-electron chi connectivity index (χ3n) is 9.57. The molecule has 271 valence electrons. The summed E-state index contributed by atoms with van der Waals surface area (Å²) >= 11 is 0. The van der Waals surface area contributed by atoms with Gasteiger partial charge in [-0.3, -0.25) is 4.98 Å². The Kier molecular flexibility index (Phi) is 8.90. The Balaban J connectivity index is 0.000000184. The maximum Gasteiger partial charge on any atom is 0.216 e. The molecule has 0 N–H and O–H groups in total. The number of aromatic nitrogens is 4. The molecule has 0 saturated carbocycles. The number of para-hydroxylation sites is 2. The third kappa shape index (κ3) is 6.95. The fourth-order valence-corrected chi connectivity index (χ4v) is 8.50. The van der Waals surface area contributed by atoms with Crippen LogP contribution < -0.4 is 5.19 Å². The van der Waals surface area contributed by atoms with Crippen molar-refractivity contribution in [2.75, 3.05) is 0 Å². The van der Waals surface area contributed by atoms with Crippen LogP contribution in [0.2, 0.25) is 19.6 Å². The Morgan fingerprint density at radius 1 is 0.833 bits per heavy atom. The molecule has 0 bridgehead atoms. The largest absolute Gasteiger partial charge is 0.486 e. The van der Waals surface area contributed by atoms with Gasteiger partial charge in [-0.15, -0.1) is 53.6 Å². The van der Waals surface area contributed by atoms with E-state index in [1.54, 1.807) is 12.1 Å². The SMILES string of the molecule is Cc1ccc2c(n1)oc1c(-c3nc4ccccc4n3-c3cccc4ccccc34)[c-]ccc12.[2H]C([2H])([2H])c1c[c-]c(-c2cc(C([2H])(C)C)c([Si](C)(C)C)cn2)cc1.[Ir]. The molecule has 9 aromatic rings. The van der Waals surface area contributed by atoms with Crippen molar-refractivity contribution in [3.63, 3.8) is 0 Å². The molecule has 54 heavy (non-hydrogen) atoms. The molecule has 0 amide bonds. The Bertz CT molecular complexity index is 2940. The van der Waals surface area contributed by atoms with Gasteiger partial charge < -0.3 is 14.0 Å². The van der Waals surface area contributed by atoms with Crippen molar-refractivity contribution in [1.82, 2.24) is 19.5 Å². The fraction of sp³-hybridized carbons (Fsp3) is 0.170. The van der Waals surface area contributed by atoms with Gasteiger partial charge in [0.1, 0.15) is 0 Å². The molecule has 0 unspecified atom stereocenters. The van der Waals surface area contributed by atoms with E-state index < -0.39 is 20.8 Å². The number of fused-ring (bicyclic) bond motifs is 5. The predicted molar refractivity (Wildman–Crippen MR) is 223 cm³/mol. The zero-order valence-corrected chi connectivity index (χ0v) is 34.5. The van der Waals surface area contributed by atoms with Crippen LogP contribution in [0.3, 0.4) is 0 Å². The molecule has 0 aliphatic heterocycles. The summed E-state index contributed by atoms with van der Waals surface area (Å²) < 4.78 is 39.3. The van der Waals surface area contributed by atoms with E-state index in [0.717, 1.165) is 67.0 Å². The molecule has 0 fully saturated rings. The van der Waals surface area contributed by atoms with Crippen LogP contribution in [0.1, 0.15) is 42.0 Å². The molecule has 4 heterocycles. The minimum absolute atomic E-state index is 0. The first-order chi connectivity index (χ1) is 27.1. The molecule has 0 atom stereocenters. The summed E-state index contributed by atoms with van der Waals surface area (Å²) in [6.07, 6.45) is 1.89. The molecular formula is C47H42IrN4OSi-2. The quantitative estimate of drug-likeness (QED) is 0.128. The van der Waals surface area contributed by atoms with Gasteiger partial charge in [-0.25, -0.2) is 4.98 Å². The van der Waals surface area contributed by atoms with Crippen molar-refractivity contribution in [3.05, 3.63) is 150 Å². The number of benzene rings is 5. The molecule has 7 heteroatoms. The van der Waals surface area contributed by atoms with Crippen molar-refractivity contribution in [2.45, 2.75) is 53.2 Å².